The van der Waals surface area contributed by atoms with E-state index in [9.17, 15) is 0 Å². The minimum absolute atomic E-state index is 0.836. The molecule has 0 aromatic heterocycles. The molecule has 0 atom stereocenters. The zero-order valence-electron chi connectivity index (χ0n) is 11.4. The zero-order valence-corrected chi connectivity index (χ0v) is 11.4. The van der Waals surface area contributed by atoms with Gasteiger partial charge in [0.1, 0.15) is 0 Å². The second kappa shape index (κ2) is 5.72. The van der Waals surface area contributed by atoms with Gasteiger partial charge in [-0.2, -0.15) is 0 Å². The van der Waals surface area contributed by atoms with Gasteiger partial charge in [0.15, 0.2) is 0 Å². The molecule has 0 unspecified atom stereocenters. The minimum Gasteiger partial charge on any atom is -0.402 e. The molecule has 0 aliphatic rings. The third-order valence-electron chi connectivity index (χ3n) is 3.21. The molecular weight excluding hydrogens is 206 g/mol. The molecule has 1 aromatic rings. The molecule has 0 fully saturated rings. The number of hydrogen-bond donors (Lipinski definition) is 1. The number of allylic oxidation sites excluding steroid dienone is 1. The van der Waals surface area contributed by atoms with Crippen LogP contribution in [0.2, 0.25) is 0 Å². The molecule has 17 heavy (non-hydrogen) atoms. The van der Waals surface area contributed by atoms with E-state index in [1.54, 1.807) is 0 Å². The van der Waals surface area contributed by atoms with Gasteiger partial charge < -0.3 is 5.73 Å². The summed E-state index contributed by atoms with van der Waals surface area (Å²) in [7, 11) is 0. The van der Waals surface area contributed by atoms with Crippen molar-refractivity contribution in [3.05, 3.63) is 46.2 Å². The lowest BCUT2D eigenvalue weighted by Gasteiger charge is -2.16. The van der Waals surface area contributed by atoms with Crippen molar-refractivity contribution in [2.75, 3.05) is 0 Å². The Morgan fingerprint density at radius 2 is 2.00 bits per heavy atom. The van der Waals surface area contributed by atoms with Crippen LogP contribution in [-0.2, 0) is 12.8 Å². The summed E-state index contributed by atoms with van der Waals surface area (Å²) < 4.78 is 0. The van der Waals surface area contributed by atoms with Gasteiger partial charge in [-0.05, 0) is 60.6 Å². The van der Waals surface area contributed by atoms with Gasteiger partial charge in [0.2, 0.25) is 0 Å². The van der Waals surface area contributed by atoms with E-state index in [-0.39, 0.29) is 0 Å². The molecular formula is C16H23N. The van der Waals surface area contributed by atoms with Crippen molar-refractivity contribution in [2.24, 2.45) is 5.73 Å². The van der Waals surface area contributed by atoms with Crippen LogP contribution < -0.4 is 5.73 Å². The standard InChI is InChI=1S/C16H23N/c1-6-13-10-14(7-2)16(9-11(4)17)12(5)15(13)8-3/h7,9-10H,2,6,8,17H2,1,3-5H3/b11-9-. The number of benzene rings is 1. The molecule has 1 heteroatoms. The van der Waals surface area contributed by atoms with E-state index in [0.717, 1.165) is 18.5 Å². The van der Waals surface area contributed by atoms with Crippen molar-refractivity contribution in [2.45, 2.75) is 40.5 Å². The third kappa shape index (κ3) is 2.79. The summed E-state index contributed by atoms with van der Waals surface area (Å²) in [6, 6.07) is 2.24. The molecule has 0 heterocycles. The van der Waals surface area contributed by atoms with Gasteiger partial charge in [-0.15, -0.1) is 0 Å². The Hall–Kier alpha value is -1.50. The summed E-state index contributed by atoms with van der Waals surface area (Å²) in [5.74, 6) is 0. The smallest absolute Gasteiger partial charge is 0.00552 e. The second-order valence-electron chi connectivity index (χ2n) is 4.44. The molecule has 0 aliphatic heterocycles. The van der Waals surface area contributed by atoms with Gasteiger partial charge in [-0.25, -0.2) is 0 Å². The molecule has 2 N–H and O–H groups in total. The molecule has 0 saturated carbocycles. The van der Waals surface area contributed by atoms with Crippen molar-refractivity contribution in [1.82, 2.24) is 0 Å². The summed E-state index contributed by atoms with van der Waals surface area (Å²) in [4.78, 5) is 0. The van der Waals surface area contributed by atoms with E-state index in [0.29, 0.717) is 0 Å². The van der Waals surface area contributed by atoms with Crippen LogP contribution in [0, 0.1) is 6.92 Å². The summed E-state index contributed by atoms with van der Waals surface area (Å²) in [5.41, 5.74) is 13.3. The van der Waals surface area contributed by atoms with Crippen molar-refractivity contribution in [3.8, 4) is 0 Å². The topological polar surface area (TPSA) is 26.0 Å². The highest BCUT2D eigenvalue weighted by atomic mass is 14.5. The molecule has 0 amide bonds. The van der Waals surface area contributed by atoms with Crippen molar-refractivity contribution in [3.63, 3.8) is 0 Å². The fourth-order valence-electron chi connectivity index (χ4n) is 2.37. The van der Waals surface area contributed by atoms with E-state index in [4.69, 9.17) is 5.73 Å². The lowest BCUT2D eigenvalue weighted by Crippen LogP contribution is -2.01. The molecule has 0 radical (unpaired) electrons. The van der Waals surface area contributed by atoms with Gasteiger partial charge in [-0.1, -0.05) is 32.6 Å². The molecule has 0 aliphatic carbocycles. The normalized spacial score (nSPS) is 11.6. The van der Waals surface area contributed by atoms with Crippen LogP contribution in [0.1, 0.15) is 48.6 Å². The SMILES string of the molecule is C=Cc1cc(CC)c(CC)c(C)c1/C=C(/C)N. The third-order valence-corrected chi connectivity index (χ3v) is 3.21. The summed E-state index contributed by atoms with van der Waals surface area (Å²) in [6.07, 6.45) is 6.10. The van der Waals surface area contributed by atoms with E-state index < -0.39 is 0 Å². The first-order valence-corrected chi connectivity index (χ1v) is 6.26. The fraction of sp³-hybridized carbons (Fsp3) is 0.375. The van der Waals surface area contributed by atoms with E-state index in [1.807, 2.05) is 19.1 Å². The van der Waals surface area contributed by atoms with Crippen LogP contribution in [0.15, 0.2) is 18.3 Å². The van der Waals surface area contributed by atoms with Crippen LogP contribution in [0.25, 0.3) is 12.2 Å². The van der Waals surface area contributed by atoms with Crippen molar-refractivity contribution >= 4 is 12.2 Å². The highest BCUT2D eigenvalue weighted by molar-refractivity contribution is 5.70. The largest absolute Gasteiger partial charge is 0.402 e. The molecule has 1 aromatic carbocycles. The first-order valence-electron chi connectivity index (χ1n) is 6.26. The van der Waals surface area contributed by atoms with Gasteiger partial charge in [0.25, 0.3) is 0 Å². The maximum Gasteiger partial charge on any atom is 0.00552 e. The highest BCUT2D eigenvalue weighted by Crippen LogP contribution is 2.26. The molecule has 92 valence electrons. The monoisotopic (exact) mass is 229 g/mol. The van der Waals surface area contributed by atoms with Gasteiger partial charge in [0.05, 0.1) is 0 Å². The predicted molar refractivity (Wildman–Crippen MR) is 77.9 cm³/mol. The number of rotatable bonds is 4. The fourth-order valence-corrected chi connectivity index (χ4v) is 2.37. The maximum absolute atomic E-state index is 5.81. The Morgan fingerprint density at radius 1 is 1.35 bits per heavy atom. The number of nitrogens with two attached hydrogens (primary N) is 1. The lowest BCUT2D eigenvalue weighted by molar-refractivity contribution is 1.01. The Bertz CT molecular complexity index is 449. The van der Waals surface area contributed by atoms with Crippen LogP contribution in [0.4, 0.5) is 0 Å². The van der Waals surface area contributed by atoms with E-state index >= 15 is 0 Å². The highest BCUT2D eigenvalue weighted by Gasteiger charge is 2.10. The number of hydrogen-bond acceptors (Lipinski definition) is 1. The average molecular weight is 229 g/mol. The molecule has 0 spiro atoms. The van der Waals surface area contributed by atoms with Crippen LogP contribution in [-0.4, -0.2) is 0 Å². The van der Waals surface area contributed by atoms with Crippen molar-refractivity contribution in [1.29, 1.82) is 0 Å². The van der Waals surface area contributed by atoms with Gasteiger partial charge in [-0.3, -0.25) is 0 Å². The first-order chi connectivity index (χ1) is 8.04. The van der Waals surface area contributed by atoms with Crippen LogP contribution in [0.5, 0.6) is 0 Å². The van der Waals surface area contributed by atoms with Crippen LogP contribution in [0.3, 0.4) is 0 Å². The predicted octanol–water partition coefficient (Wildman–Crippen LogP) is 4.08. The molecule has 1 nitrogen and oxygen atoms in total. The summed E-state index contributed by atoms with van der Waals surface area (Å²) in [6.45, 7) is 12.4. The van der Waals surface area contributed by atoms with Crippen molar-refractivity contribution < 1.29 is 0 Å². The Kier molecular flexibility index (Phi) is 4.56. The molecule has 0 bridgehead atoms. The Labute approximate surface area is 105 Å². The van der Waals surface area contributed by atoms with Gasteiger partial charge >= 0.3 is 0 Å². The summed E-state index contributed by atoms with van der Waals surface area (Å²) >= 11 is 0. The van der Waals surface area contributed by atoms with E-state index in [2.05, 4.69) is 33.4 Å². The molecule has 0 saturated heterocycles. The zero-order chi connectivity index (χ0) is 13.0. The average Bonchev–Trinajstić information content (AvgIpc) is 2.30. The molecule has 1 rings (SSSR count). The first kappa shape index (κ1) is 13.6. The van der Waals surface area contributed by atoms with E-state index in [1.165, 1.54) is 27.8 Å². The minimum atomic E-state index is 0.836. The second-order valence-corrected chi connectivity index (χ2v) is 4.44. The maximum atomic E-state index is 5.81. The van der Waals surface area contributed by atoms with Crippen LogP contribution >= 0.6 is 0 Å². The summed E-state index contributed by atoms with van der Waals surface area (Å²) in [5, 5.41) is 0. The Balaban J connectivity index is 3.58. The lowest BCUT2D eigenvalue weighted by atomic mass is 9.89. The number of aryl methyl sites for hydroxylation is 1. The Morgan fingerprint density at radius 3 is 2.41 bits per heavy atom. The van der Waals surface area contributed by atoms with Gasteiger partial charge in [0, 0.05) is 5.70 Å². The quantitative estimate of drug-likeness (QED) is 0.827.